The molecule has 0 spiro atoms. The Morgan fingerprint density at radius 3 is 2.59 bits per heavy atom. The molecule has 3 amide bonds. The third-order valence-corrected chi connectivity index (χ3v) is 4.39. The second kappa shape index (κ2) is 11.3. The first-order valence-electron chi connectivity index (χ1n) is 9.43. The maximum absolute atomic E-state index is 12.7. The molecule has 0 aliphatic carbocycles. The molecule has 1 aliphatic rings. The van der Waals surface area contributed by atoms with Crippen molar-refractivity contribution >= 4 is 23.5 Å². The highest BCUT2D eigenvalue weighted by atomic mass is 16.2. The molecular weight excluding hydrogens is 346 g/mol. The minimum atomic E-state index is -0.664. The molecule has 0 aromatic carbocycles. The minimum Gasteiger partial charge on any atom is -0.350 e. The van der Waals surface area contributed by atoms with Crippen LogP contribution in [0, 0.1) is 11.8 Å². The lowest BCUT2D eigenvalue weighted by Crippen LogP contribution is -2.48. The van der Waals surface area contributed by atoms with Gasteiger partial charge >= 0.3 is 6.03 Å². The lowest BCUT2D eigenvalue weighted by molar-refractivity contribution is -0.129. The Balaban J connectivity index is 2.90. The number of urea groups is 1. The molecule has 0 fully saturated rings. The van der Waals surface area contributed by atoms with Crippen molar-refractivity contribution < 1.29 is 19.2 Å². The van der Waals surface area contributed by atoms with E-state index in [9.17, 15) is 19.2 Å². The van der Waals surface area contributed by atoms with E-state index in [1.54, 1.807) is 19.1 Å². The topological polar surface area (TPSA) is 104 Å². The predicted octanol–water partition coefficient (Wildman–Crippen LogP) is 1.89. The standard InChI is InChI=1S/C20H31N3O4/c1-13(2)18(23-20(27)21-4)17(25)12-15-8-6-5-7-9-16(24)11-10-14(3)22-19(15)26/h6,8,10-11,13-15,18H,5,7,9,12H2,1-4H3,(H,22,26)(H2,21,23,27)/b8-6+,11-10+/t14-,15+,18?/m0/s1. The summed E-state index contributed by atoms with van der Waals surface area (Å²) in [5, 5.41) is 7.90. The average molecular weight is 377 g/mol. The first-order valence-corrected chi connectivity index (χ1v) is 9.43. The molecule has 0 radical (unpaired) electrons. The van der Waals surface area contributed by atoms with E-state index in [1.807, 2.05) is 19.9 Å². The third kappa shape index (κ3) is 8.19. The van der Waals surface area contributed by atoms with Crippen molar-refractivity contribution in [3.8, 4) is 0 Å². The lowest BCUT2D eigenvalue weighted by Gasteiger charge is -2.23. The molecule has 0 aromatic rings. The van der Waals surface area contributed by atoms with Crippen molar-refractivity contribution in [2.24, 2.45) is 11.8 Å². The van der Waals surface area contributed by atoms with Crippen molar-refractivity contribution in [2.45, 2.75) is 58.5 Å². The van der Waals surface area contributed by atoms with Gasteiger partial charge < -0.3 is 16.0 Å². The number of carbonyl (C=O) groups is 4. The number of carbonyl (C=O) groups excluding carboxylic acids is 4. The van der Waals surface area contributed by atoms with Crippen LogP contribution in [-0.2, 0) is 14.4 Å². The number of Topliss-reactive ketones (excluding diaryl/α,β-unsaturated/α-hetero) is 1. The number of ketones is 2. The van der Waals surface area contributed by atoms with Gasteiger partial charge in [0.25, 0.3) is 0 Å². The Kier molecular flexibility index (Phi) is 9.47. The van der Waals surface area contributed by atoms with Crippen LogP contribution in [0.1, 0.15) is 46.5 Å². The number of allylic oxidation sites excluding steroid dienone is 2. The lowest BCUT2D eigenvalue weighted by atomic mass is 9.91. The average Bonchev–Trinajstić information content (AvgIpc) is 2.61. The number of amides is 3. The summed E-state index contributed by atoms with van der Waals surface area (Å²) in [5.41, 5.74) is 0. The molecule has 1 aliphatic heterocycles. The number of nitrogens with one attached hydrogen (secondary N) is 3. The Bertz CT molecular complexity index is 610. The van der Waals surface area contributed by atoms with E-state index in [-0.39, 0.29) is 35.9 Å². The predicted molar refractivity (Wildman–Crippen MR) is 104 cm³/mol. The van der Waals surface area contributed by atoms with Crippen molar-refractivity contribution in [3.63, 3.8) is 0 Å². The fraction of sp³-hybridized carbons (Fsp3) is 0.600. The molecule has 3 N–H and O–H groups in total. The molecule has 1 rings (SSSR count). The highest BCUT2D eigenvalue weighted by Gasteiger charge is 2.28. The second-order valence-electron chi connectivity index (χ2n) is 7.17. The molecule has 1 heterocycles. The molecule has 1 unspecified atom stereocenters. The zero-order chi connectivity index (χ0) is 20.4. The van der Waals surface area contributed by atoms with Crippen LogP contribution < -0.4 is 16.0 Å². The van der Waals surface area contributed by atoms with Gasteiger partial charge in [0.15, 0.2) is 11.6 Å². The van der Waals surface area contributed by atoms with Gasteiger partial charge in [-0.05, 0) is 31.8 Å². The zero-order valence-electron chi connectivity index (χ0n) is 16.6. The summed E-state index contributed by atoms with van der Waals surface area (Å²) in [6.45, 7) is 5.47. The monoisotopic (exact) mass is 377 g/mol. The van der Waals surface area contributed by atoms with Gasteiger partial charge in [-0.3, -0.25) is 14.4 Å². The van der Waals surface area contributed by atoms with Crippen LogP contribution in [0.5, 0.6) is 0 Å². The van der Waals surface area contributed by atoms with Crippen LogP contribution in [0.15, 0.2) is 24.3 Å². The Morgan fingerprint density at radius 2 is 1.96 bits per heavy atom. The summed E-state index contributed by atoms with van der Waals surface area (Å²) in [4.78, 5) is 48.6. The molecule has 3 atom stereocenters. The Labute approximate surface area is 161 Å². The highest BCUT2D eigenvalue weighted by molar-refractivity contribution is 5.93. The largest absolute Gasteiger partial charge is 0.350 e. The minimum absolute atomic E-state index is 0.00450. The Hall–Kier alpha value is -2.44. The molecule has 0 bridgehead atoms. The van der Waals surface area contributed by atoms with Gasteiger partial charge in [-0.15, -0.1) is 0 Å². The fourth-order valence-electron chi connectivity index (χ4n) is 2.79. The highest BCUT2D eigenvalue weighted by Crippen LogP contribution is 2.15. The van der Waals surface area contributed by atoms with Crippen LogP contribution in [0.25, 0.3) is 0 Å². The molecule has 7 heteroatoms. The summed E-state index contributed by atoms with van der Waals surface area (Å²) in [6, 6.07) is -1.40. The van der Waals surface area contributed by atoms with Crippen molar-refractivity contribution in [3.05, 3.63) is 24.3 Å². The molecule has 0 saturated heterocycles. The smallest absolute Gasteiger partial charge is 0.315 e. The van der Waals surface area contributed by atoms with Crippen molar-refractivity contribution in [2.75, 3.05) is 7.05 Å². The number of hydrogen-bond acceptors (Lipinski definition) is 4. The van der Waals surface area contributed by atoms with Crippen molar-refractivity contribution in [1.82, 2.24) is 16.0 Å². The van der Waals surface area contributed by atoms with Gasteiger partial charge in [0, 0.05) is 25.9 Å². The van der Waals surface area contributed by atoms with E-state index in [4.69, 9.17) is 0 Å². The maximum Gasteiger partial charge on any atom is 0.315 e. The van der Waals surface area contributed by atoms with E-state index in [1.165, 1.54) is 13.1 Å². The summed E-state index contributed by atoms with van der Waals surface area (Å²) in [5.74, 6) is -1.13. The molecule has 0 saturated carbocycles. The molecular formula is C20H31N3O4. The summed E-state index contributed by atoms with van der Waals surface area (Å²) < 4.78 is 0. The first kappa shape index (κ1) is 22.6. The van der Waals surface area contributed by atoms with E-state index >= 15 is 0 Å². The second-order valence-corrected chi connectivity index (χ2v) is 7.17. The van der Waals surface area contributed by atoms with Gasteiger partial charge in [0.1, 0.15) is 0 Å². The molecule has 150 valence electrons. The van der Waals surface area contributed by atoms with Gasteiger partial charge in [-0.2, -0.15) is 0 Å². The Morgan fingerprint density at radius 1 is 1.26 bits per heavy atom. The molecule has 27 heavy (non-hydrogen) atoms. The van der Waals surface area contributed by atoms with Crippen LogP contribution in [-0.4, -0.2) is 42.6 Å². The van der Waals surface area contributed by atoms with Gasteiger partial charge in [-0.25, -0.2) is 4.79 Å². The van der Waals surface area contributed by atoms with Gasteiger partial charge in [0.05, 0.1) is 12.0 Å². The third-order valence-electron chi connectivity index (χ3n) is 4.39. The summed E-state index contributed by atoms with van der Waals surface area (Å²) in [6.07, 6.45) is 8.55. The van der Waals surface area contributed by atoms with E-state index in [2.05, 4.69) is 16.0 Å². The molecule has 7 nitrogen and oxygen atoms in total. The normalized spacial score (nSPS) is 24.8. The van der Waals surface area contributed by atoms with Crippen LogP contribution in [0.2, 0.25) is 0 Å². The van der Waals surface area contributed by atoms with E-state index in [0.29, 0.717) is 19.3 Å². The van der Waals surface area contributed by atoms with E-state index in [0.717, 1.165) is 0 Å². The summed E-state index contributed by atoms with van der Waals surface area (Å²) >= 11 is 0. The maximum atomic E-state index is 12.7. The van der Waals surface area contributed by atoms with Gasteiger partial charge in [-0.1, -0.05) is 32.1 Å². The van der Waals surface area contributed by atoms with Crippen LogP contribution in [0.4, 0.5) is 4.79 Å². The number of hydrogen-bond donors (Lipinski definition) is 3. The number of rotatable bonds is 5. The zero-order valence-corrected chi connectivity index (χ0v) is 16.6. The van der Waals surface area contributed by atoms with Crippen LogP contribution >= 0.6 is 0 Å². The first-order chi connectivity index (χ1) is 12.7. The summed E-state index contributed by atoms with van der Waals surface area (Å²) in [7, 11) is 1.49. The fourth-order valence-corrected chi connectivity index (χ4v) is 2.79. The van der Waals surface area contributed by atoms with Gasteiger partial charge in [0.2, 0.25) is 5.91 Å². The van der Waals surface area contributed by atoms with Crippen molar-refractivity contribution in [1.29, 1.82) is 0 Å². The van der Waals surface area contributed by atoms with E-state index < -0.39 is 18.0 Å². The quantitative estimate of drug-likeness (QED) is 0.636. The molecule has 0 aromatic heterocycles. The van der Waals surface area contributed by atoms with Crippen LogP contribution in [0.3, 0.4) is 0 Å². The SMILES string of the molecule is CNC(=O)NC(C(=O)C[C@H]1/C=C/CCCC(=O)/C=C/[C@H](C)NC1=O)C(C)C.